The molecule has 0 atom stereocenters. The normalized spacial score (nSPS) is 22.1. The number of aromatic nitrogens is 2. The first kappa shape index (κ1) is 10.7. The van der Waals surface area contributed by atoms with E-state index in [2.05, 4.69) is 25.9 Å². The van der Waals surface area contributed by atoms with E-state index < -0.39 is 0 Å². The van der Waals surface area contributed by atoms with E-state index in [1.807, 2.05) is 0 Å². The molecular formula is C11H16BrN3O. The zero-order valence-electron chi connectivity index (χ0n) is 9.21. The number of hydrogen-bond acceptors (Lipinski definition) is 3. The minimum Gasteiger partial charge on any atom is -0.375 e. The summed E-state index contributed by atoms with van der Waals surface area (Å²) in [6.07, 6.45) is 3.32. The first-order chi connectivity index (χ1) is 7.86. The Kier molecular flexibility index (Phi) is 3.00. The maximum atomic E-state index is 5.44. The molecule has 1 aromatic rings. The highest BCUT2D eigenvalue weighted by atomic mass is 79.9. The second-order valence-electron chi connectivity index (χ2n) is 4.44. The van der Waals surface area contributed by atoms with Crippen molar-refractivity contribution in [3.63, 3.8) is 0 Å². The molecule has 16 heavy (non-hydrogen) atoms. The molecule has 0 amide bonds. The Balaban J connectivity index is 1.91. The van der Waals surface area contributed by atoms with Crippen molar-refractivity contribution in [2.75, 3.05) is 19.7 Å². The number of halogens is 1. The van der Waals surface area contributed by atoms with E-state index in [9.17, 15) is 0 Å². The molecule has 0 bridgehead atoms. The molecule has 3 rings (SSSR count). The first-order valence-electron chi connectivity index (χ1n) is 5.90. The predicted molar refractivity (Wildman–Crippen MR) is 64.4 cm³/mol. The average molecular weight is 286 g/mol. The predicted octanol–water partition coefficient (Wildman–Crippen LogP) is 1.64. The lowest BCUT2D eigenvalue weighted by atomic mass is 10.1. The molecule has 2 aliphatic heterocycles. The summed E-state index contributed by atoms with van der Waals surface area (Å²) in [4.78, 5) is 0. The smallest absolute Gasteiger partial charge is 0.108 e. The lowest BCUT2D eigenvalue weighted by Gasteiger charge is -2.23. The Morgan fingerprint density at radius 3 is 2.94 bits per heavy atom. The van der Waals surface area contributed by atoms with Crippen LogP contribution in [0.4, 0.5) is 0 Å². The number of ether oxygens (including phenoxy) is 1. The van der Waals surface area contributed by atoms with E-state index in [-0.39, 0.29) is 0 Å². The van der Waals surface area contributed by atoms with Crippen molar-refractivity contribution in [3.05, 3.63) is 15.9 Å². The van der Waals surface area contributed by atoms with Crippen molar-refractivity contribution in [3.8, 4) is 0 Å². The summed E-state index contributed by atoms with van der Waals surface area (Å²) in [5.74, 6) is 0. The summed E-state index contributed by atoms with van der Waals surface area (Å²) < 4.78 is 8.79. The third kappa shape index (κ3) is 1.81. The van der Waals surface area contributed by atoms with Crippen molar-refractivity contribution in [1.82, 2.24) is 15.1 Å². The minimum absolute atomic E-state index is 0.543. The van der Waals surface area contributed by atoms with Gasteiger partial charge in [0.1, 0.15) is 4.60 Å². The molecule has 5 heteroatoms. The number of piperidine rings is 1. The molecule has 0 unspecified atom stereocenters. The van der Waals surface area contributed by atoms with Gasteiger partial charge in [-0.25, -0.2) is 0 Å². The van der Waals surface area contributed by atoms with Gasteiger partial charge in [0, 0.05) is 12.0 Å². The van der Waals surface area contributed by atoms with Crippen LogP contribution in [0.2, 0.25) is 0 Å². The third-order valence-corrected chi connectivity index (χ3v) is 4.26. The summed E-state index contributed by atoms with van der Waals surface area (Å²) in [6, 6.07) is 0.543. The van der Waals surface area contributed by atoms with E-state index >= 15 is 0 Å². The van der Waals surface area contributed by atoms with Crippen molar-refractivity contribution >= 4 is 15.9 Å². The van der Waals surface area contributed by atoms with Gasteiger partial charge in [0.2, 0.25) is 0 Å². The molecule has 1 aromatic heterocycles. The van der Waals surface area contributed by atoms with E-state index in [1.54, 1.807) is 0 Å². The van der Waals surface area contributed by atoms with Gasteiger partial charge in [0.25, 0.3) is 0 Å². The Morgan fingerprint density at radius 1 is 1.38 bits per heavy atom. The van der Waals surface area contributed by atoms with Gasteiger partial charge >= 0.3 is 0 Å². The van der Waals surface area contributed by atoms with E-state index in [0.29, 0.717) is 12.6 Å². The maximum absolute atomic E-state index is 5.44. The van der Waals surface area contributed by atoms with Crippen LogP contribution in [-0.4, -0.2) is 29.5 Å². The fourth-order valence-electron chi connectivity index (χ4n) is 2.49. The van der Waals surface area contributed by atoms with Crippen LogP contribution in [0, 0.1) is 0 Å². The largest absolute Gasteiger partial charge is 0.375 e. The average Bonchev–Trinajstić information content (AvgIpc) is 2.69. The summed E-state index contributed by atoms with van der Waals surface area (Å²) in [5.41, 5.74) is 2.47. The van der Waals surface area contributed by atoms with Gasteiger partial charge in [-0.15, -0.1) is 0 Å². The maximum Gasteiger partial charge on any atom is 0.108 e. The highest BCUT2D eigenvalue weighted by molar-refractivity contribution is 9.10. The molecule has 0 radical (unpaired) electrons. The zero-order valence-corrected chi connectivity index (χ0v) is 10.8. The number of nitrogens with zero attached hydrogens (tertiary/aromatic N) is 2. The third-order valence-electron chi connectivity index (χ3n) is 3.42. The molecule has 0 spiro atoms. The van der Waals surface area contributed by atoms with Crippen LogP contribution in [0.25, 0.3) is 0 Å². The second-order valence-corrected chi connectivity index (χ2v) is 5.20. The molecule has 3 heterocycles. The number of nitrogens with one attached hydrogen (secondary N) is 1. The summed E-state index contributed by atoms with van der Waals surface area (Å²) in [6.45, 7) is 3.69. The fourth-order valence-corrected chi connectivity index (χ4v) is 3.29. The SMILES string of the molecule is Brc1c2c(nn1C1CCNCC1)COCC2. The Labute approximate surface area is 103 Å². The number of fused-ring (bicyclic) bond motifs is 1. The van der Waals surface area contributed by atoms with Gasteiger partial charge in [-0.1, -0.05) is 0 Å². The monoisotopic (exact) mass is 285 g/mol. The summed E-state index contributed by atoms with van der Waals surface area (Å²) >= 11 is 3.70. The Morgan fingerprint density at radius 2 is 2.19 bits per heavy atom. The van der Waals surface area contributed by atoms with E-state index in [4.69, 9.17) is 9.84 Å². The molecular weight excluding hydrogens is 270 g/mol. The van der Waals surface area contributed by atoms with E-state index in [1.165, 1.54) is 23.0 Å². The van der Waals surface area contributed by atoms with Crippen molar-refractivity contribution in [1.29, 1.82) is 0 Å². The van der Waals surface area contributed by atoms with Gasteiger partial charge in [0.15, 0.2) is 0 Å². The van der Waals surface area contributed by atoms with Gasteiger partial charge < -0.3 is 10.1 Å². The van der Waals surface area contributed by atoms with Gasteiger partial charge in [0.05, 0.1) is 24.9 Å². The quantitative estimate of drug-likeness (QED) is 0.853. The zero-order chi connectivity index (χ0) is 11.0. The second kappa shape index (κ2) is 4.47. The van der Waals surface area contributed by atoms with Gasteiger partial charge in [-0.3, -0.25) is 4.68 Å². The summed E-state index contributed by atoms with van der Waals surface area (Å²) in [5, 5.41) is 8.08. The topological polar surface area (TPSA) is 39.1 Å². The van der Waals surface area contributed by atoms with Crippen molar-refractivity contribution < 1.29 is 4.74 Å². The minimum atomic E-state index is 0.543. The Hall–Kier alpha value is -0.390. The lowest BCUT2D eigenvalue weighted by Crippen LogP contribution is -2.30. The van der Waals surface area contributed by atoms with Crippen LogP contribution in [0.5, 0.6) is 0 Å². The fraction of sp³-hybridized carbons (Fsp3) is 0.727. The molecule has 0 aromatic carbocycles. The molecule has 1 fully saturated rings. The van der Waals surface area contributed by atoms with Crippen LogP contribution in [0.15, 0.2) is 4.60 Å². The number of hydrogen-bond donors (Lipinski definition) is 1. The molecule has 88 valence electrons. The molecule has 4 nitrogen and oxygen atoms in total. The van der Waals surface area contributed by atoms with Crippen LogP contribution in [-0.2, 0) is 17.8 Å². The summed E-state index contributed by atoms with van der Waals surface area (Å²) in [7, 11) is 0. The Bertz CT molecular complexity index is 385. The van der Waals surface area contributed by atoms with Crippen molar-refractivity contribution in [2.45, 2.75) is 31.9 Å². The van der Waals surface area contributed by atoms with Crippen LogP contribution >= 0.6 is 15.9 Å². The molecule has 1 N–H and O–H groups in total. The molecule has 1 saturated heterocycles. The van der Waals surface area contributed by atoms with Crippen LogP contribution in [0.3, 0.4) is 0 Å². The van der Waals surface area contributed by atoms with Gasteiger partial charge in [-0.2, -0.15) is 5.10 Å². The van der Waals surface area contributed by atoms with Crippen molar-refractivity contribution in [2.24, 2.45) is 0 Å². The molecule has 2 aliphatic rings. The van der Waals surface area contributed by atoms with Crippen LogP contribution < -0.4 is 5.32 Å². The van der Waals surface area contributed by atoms with Crippen LogP contribution in [0.1, 0.15) is 30.1 Å². The highest BCUT2D eigenvalue weighted by Crippen LogP contribution is 2.30. The van der Waals surface area contributed by atoms with E-state index in [0.717, 1.165) is 31.8 Å². The van der Waals surface area contributed by atoms with Gasteiger partial charge in [-0.05, 0) is 41.9 Å². The highest BCUT2D eigenvalue weighted by Gasteiger charge is 2.24. The molecule has 0 aliphatic carbocycles. The standard InChI is InChI=1S/C11H16BrN3O/c12-11-9-3-6-16-7-10(9)14-15(11)8-1-4-13-5-2-8/h8,13H,1-7H2. The molecule has 0 saturated carbocycles. The lowest BCUT2D eigenvalue weighted by molar-refractivity contribution is 0.107. The first-order valence-corrected chi connectivity index (χ1v) is 6.70. The number of rotatable bonds is 1.